The first-order valence-corrected chi connectivity index (χ1v) is 12.0. The molecule has 8 heteroatoms. The van der Waals surface area contributed by atoms with Crippen LogP contribution >= 0.6 is 11.3 Å². The van der Waals surface area contributed by atoms with Crippen molar-refractivity contribution in [3.8, 4) is 11.5 Å². The molecule has 0 bridgehead atoms. The van der Waals surface area contributed by atoms with Gasteiger partial charge >= 0.3 is 0 Å². The number of benzene rings is 2. The monoisotopic (exact) mass is 477 g/mol. The molecule has 1 amide bonds. The molecule has 34 heavy (non-hydrogen) atoms. The van der Waals surface area contributed by atoms with Gasteiger partial charge in [0.15, 0.2) is 11.5 Å². The second-order valence-corrected chi connectivity index (χ2v) is 9.09. The van der Waals surface area contributed by atoms with Gasteiger partial charge in [-0.1, -0.05) is 25.1 Å². The zero-order chi connectivity index (χ0) is 24.1. The molecule has 1 aliphatic heterocycles. The van der Waals surface area contributed by atoms with Crippen molar-refractivity contribution in [2.75, 3.05) is 12.4 Å². The Kier molecular flexibility index (Phi) is 7.27. The molecule has 0 saturated carbocycles. The first kappa shape index (κ1) is 23.5. The van der Waals surface area contributed by atoms with E-state index in [1.165, 1.54) is 18.4 Å². The van der Waals surface area contributed by atoms with Crippen LogP contribution in [0.25, 0.3) is 0 Å². The molecule has 176 valence electrons. The Morgan fingerprint density at radius 3 is 2.68 bits per heavy atom. The number of thiophene rings is 1. The SMILES string of the molecule is CCC1CC(C=O)N(Cc2ccc(NC(=O)c3cccs3)cc2)N=C1c1ccc(OC)c(O)c1. The molecule has 0 fully saturated rings. The average Bonchev–Trinajstić information content (AvgIpc) is 3.40. The predicted molar refractivity (Wildman–Crippen MR) is 134 cm³/mol. The van der Waals surface area contributed by atoms with E-state index < -0.39 is 0 Å². The van der Waals surface area contributed by atoms with Gasteiger partial charge in [0, 0.05) is 17.2 Å². The number of amides is 1. The number of nitrogens with one attached hydrogen (secondary N) is 1. The van der Waals surface area contributed by atoms with Crippen molar-refractivity contribution >= 4 is 34.9 Å². The standard InChI is InChI=1S/C26H27N3O4S/c1-3-18-13-21(16-30)29(28-25(18)19-8-11-23(33-2)22(31)14-19)15-17-6-9-20(10-7-17)27-26(32)24-5-4-12-34-24/h4-12,14,16,18,21,31H,3,13,15H2,1-2H3,(H,27,32). The number of phenols is 1. The van der Waals surface area contributed by atoms with Crippen LogP contribution in [0.3, 0.4) is 0 Å². The zero-order valence-corrected chi connectivity index (χ0v) is 19.9. The Morgan fingerprint density at radius 1 is 1.26 bits per heavy atom. The lowest BCUT2D eigenvalue weighted by atomic mass is 9.87. The van der Waals surface area contributed by atoms with Gasteiger partial charge in [0.1, 0.15) is 12.3 Å². The number of aromatic hydroxyl groups is 1. The van der Waals surface area contributed by atoms with E-state index in [2.05, 4.69) is 12.2 Å². The normalized spacial score (nSPS) is 17.7. The third kappa shape index (κ3) is 5.12. The highest BCUT2D eigenvalue weighted by Gasteiger charge is 2.31. The van der Waals surface area contributed by atoms with Crippen LogP contribution in [-0.2, 0) is 11.3 Å². The maximum Gasteiger partial charge on any atom is 0.265 e. The Morgan fingerprint density at radius 2 is 2.06 bits per heavy atom. The Balaban J connectivity index is 1.54. The number of phenolic OH excluding ortho intramolecular Hbond substituents is 1. The molecule has 4 rings (SSSR count). The fourth-order valence-corrected chi connectivity index (χ4v) is 4.70. The molecule has 0 aliphatic carbocycles. The number of ether oxygens (including phenoxy) is 1. The van der Waals surface area contributed by atoms with Gasteiger partial charge in [0.05, 0.1) is 24.2 Å². The second kappa shape index (κ2) is 10.5. The molecule has 2 unspecified atom stereocenters. The van der Waals surface area contributed by atoms with Crippen LogP contribution in [0.4, 0.5) is 5.69 Å². The molecular formula is C26H27N3O4S. The second-order valence-electron chi connectivity index (χ2n) is 8.14. The van der Waals surface area contributed by atoms with Gasteiger partial charge in [-0.2, -0.15) is 5.10 Å². The smallest absolute Gasteiger partial charge is 0.265 e. The van der Waals surface area contributed by atoms with Crippen LogP contribution < -0.4 is 10.1 Å². The summed E-state index contributed by atoms with van der Waals surface area (Å²) in [4.78, 5) is 24.8. The predicted octanol–water partition coefficient (Wildman–Crippen LogP) is 4.92. The quantitative estimate of drug-likeness (QED) is 0.450. The molecule has 3 aromatic rings. The van der Waals surface area contributed by atoms with Crippen molar-refractivity contribution in [1.29, 1.82) is 0 Å². The highest BCUT2D eigenvalue weighted by Crippen LogP contribution is 2.32. The van der Waals surface area contributed by atoms with Gasteiger partial charge in [-0.15, -0.1) is 11.3 Å². The van der Waals surface area contributed by atoms with E-state index in [1.54, 1.807) is 23.2 Å². The minimum Gasteiger partial charge on any atom is -0.504 e. The van der Waals surface area contributed by atoms with Crippen molar-refractivity contribution in [1.82, 2.24) is 5.01 Å². The van der Waals surface area contributed by atoms with Crippen LogP contribution in [0, 0.1) is 5.92 Å². The topological polar surface area (TPSA) is 91.2 Å². The summed E-state index contributed by atoms with van der Waals surface area (Å²) in [6.45, 7) is 2.52. The van der Waals surface area contributed by atoms with Gasteiger partial charge in [-0.05, 0) is 60.2 Å². The van der Waals surface area contributed by atoms with Crippen LogP contribution in [-0.4, -0.2) is 41.2 Å². The van der Waals surface area contributed by atoms with E-state index in [0.717, 1.165) is 29.5 Å². The molecule has 2 N–H and O–H groups in total. The highest BCUT2D eigenvalue weighted by molar-refractivity contribution is 7.12. The summed E-state index contributed by atoms with van der Waals surface area (Å²) in [5.41, 5.74) is 3.33. The molecule has 2 heterocycles. The van der Waals surface area contributed by atoms with Crippen molar-refractivity contribution in [3.05, 3.63) is 76.0 Å². The summed E-state index contributed by atoms with van der Waals surface area (Å²) < 4.78 is 5.16. The summed E-state index contributed by atoms with van der Waals surface area (Å²) in [5, 5.41) is 21.7. The zero-order valence-electron chi connectivity index (χ0n) is 19.1. The molecule has 0 spiro atoms. The van der Waals surface area contributed by atoms with E-state index in [4.69, 9.17) is 9.84 Å². The summed E-state index contributed by atoms with van der Waals surface area (Å²) in [5.74, 6) is 0.431. The number of aldehydes is 1. The van der Waals surface area contributed by atoms with E-state index >= 15 is 0 Å². The van der Waals surface area contributed by atoms with Gasteiger partial charge in [0.25, 0.3) is 5.91 Å². The van der Waals surface area contributed by atoms with E-state index in [-0.39, 0.29) is 23.6 Å². The fraction of sp³-hybridized carbons (Fsp3) is 0.269. The molecule has 1 aliphatic rings. The molecule has 7 nitrogen and oxygen atoms in total. The van der Waals surface area contributed by atoms with Crippen molar-refractivity contribution in [2.45, 2.75) is 32.4 Å². The number of rotatable bonds is 8. The third-order valence-corrected chi connectivity index (χ3v) is 6.83. The number of hydrogen-bond donors (Lipinski definition) is 2. The largest absolute Gasteiger partial charge is 0.504 e. The van der Waals surface area contributed by atoms with Crippen molar-refractivity contribution in [3.63, 3.8) is 0 Å². The molecule has 1 aromatic heterocycles. The van der Waals surface area contributed by atoms with Crippen LogP contribution in [0.1, 0.15) is 40.6 Å². The van der Waals surface area contributed by atoms with Crippen molar-refractivity contribution in [2.24, 2.45) is 11.0 Å². The molecule has 2 aromatic carbocycles. The first-order valence-electron chi connectivity index (χ1n) is 11.1. The average molecular weight is 478 g/mol. The molecular weight excluding hydrogens is 450 g/mol. The maximum atomic E-state index is 12.3. The number of anilines is 1. The van der Waals surface area contributed by atoms with E-state index in [1.807, 2.05) is 41.8 Å². The van der Waals surface area contributed by atoms with Gasteiger partial charge < -0.3 is 20.0 Å². The number of carbonyl (C=O) groups is 2. The molecule has 0 radical (unpaired) electrons. The van der Waals surface area contributed by atoms with Crippen LogP contribution in [0.15, 0.2) is 65.1 Å². The Bertz CT molecular complexity index is 1180. The first-order chi connectivity index (χ1) is 16.5. The number of carbonyl (C=O) groups excluding carboxylic acids is 2. The lowest BCUT2D eigenvalue weighted by Crippen LogP contribution is -2.41. The molecule has 0 saturated heterocycles. The van der Waals surface area contributed by atoms with Gasteiger partial charge in [-0.3, -0.25) is 9.80 Å². The molecule has 2 atom stereocenters. The maximum absolute atomic E-state index is 12.3. The Hall–Kier alpha value is -3.65. The lowest BCUT2D eigenvalue weighted by Gasteiger charge is -2.35. The number of hydrazone groups is 1. The third-order valence-electron chi connectivity index (χ3n) is 5.96. The minimum atomic E-state index is -0.334. The summed E-state index contributed by atoms with van der Waals surface area (Å²) in [6, 6.07) is 16.1. The fourth-order valence-electron chi connectivity index (χ4n) is 4.08. The van der Waals surface area contributed by atoms with Gasteiger partial charge in [0.2, 0.25) is 0 Å². The van der Waals surface area contributed by atoms with Gasteiger partial charge in [-0.25, -0.2) is 0 Å². The van der Waals surface area contributed by atoms with Crippen LogP contribution in [0.5, 0.6) is 11.5 Å². The number of nitrogens with zero attached hydrogens (tertiary/aromatic N) is 2. The van der Waals surface area contributed by atoms with E-state index in [0.29, 0.717) is 29.3 Å². The van der Waals surface area contributed by atoms with E-state index in [9.17, 15) is 14.7 Å². The lowest BCUT2D eigenvalue weighted by molar-refractivity contribution is -0.113. The Labute approximate surface area is 202 Å². The van der Waals surface area contributed by atoms with Crippen molar-refractivity contribution < 1.29 is 19.4 Å². The highest BCUT2D eigenvalue weighted by atomic mass is 32.1. The van der Waals surface area contributed by atoms with Crippen LogP contribution in [0.2, 0.25) is 0 Å². The minimum absolute atomic E-state index is 0.0572. The number of hydrogen-bond acceptors (Lipinski definition) is 7. The summed E-state index contributed by atoms with van der Waals surface area (Å²) in [6.07, 6.45) is 2.44. The number of methoxy groups -OCH3 is 1. The summed E-state index contributed by atoms with van der Waals surface area (Å²) >= 11 is 1.39. The summed E-state index contributed by atoms with van der Waals surface area (Å²) in [7, 11) is 1.51.